The summed E-state index contributed by atoms with van der Waals surface area (Å²) in [6.45, 7) is 10.4. The normalized spacial score (nSPS) is 48.4. The second kappa shape index (κ2) is 6.09. The third-order valence-corrected chi connectivity index (χ3v) is 9.06. The van der Waals surface area contributed by atoms with E-state index in [1.807, 2.05) is 0 Å². The highest BCUT2D eigenvalue weighted by molar-refractivity contribution is 5.77. The Morgan fingerprint density at radius 2 is 1.89 bits per heavy atom. The number of hydrogen-bond acceptors (Lipinski definition) is 4. The van der Waals surface area contributed by atoms with Crippen LogP contribution < -0.4 is 0 Å². The molecule has 4 aliphatic carbocycles. The molecular weight excluding hydrogens is 340 g/mol. The molecule has 4 heteroatoms. The quantitative estimate of drug-likeness (QED) is 0.521. The van der Waals surface area contributed by atoms with E-state index in [2.05, 4.69) is 20.4 Å². The average molecular weight is 375 g/mol. The van der Waals surface area contributed by atoms with Crippen LogP contribution in [0.3, 0.4) is 0 Å². The van der Waals surface area contributed by atoms with Crippen molar-refractivity contribution in [2.24, 2.45) is 34.0 Å². The molecule has 150 valence electrons. The van der Waals surface area contributed by atoms with Gasteiger partial charge in [0.15, 0.2) is 0 Å². The number of ether oxygens (including phenoxy) is 2. The zero-order valence-corrected chi connectivity index (χ0v) is 17.3. The lowest BCUT2D eigenvalue weighted by atomic mass is 9.41. The molecule has 0 N–H and O–H groups in total. The molecule has 4 saturated carbocycles. The average Bonchev–Trinajstić information content (AvgIpc) is 2.87. The van der Waals surface area contributed by atoms with Crippen LogP contribution in [0.2, 0.25) is 0 Å². The maximum absolute atomic E-state index is 12.8. The SMILES string of the molecule is C=C1C[C@@]23CC[C@H]4[C@@](C)(CCC[C@@]4(C)C(=O)OC)[C@@H]2C[C@H](OC(C)=O)[C@@H]1C3. The predicted molar refractivity (Wildman–Crippen MR) is 103 cm³/mol. The van der Waals surface area contributed by atoms with Gasteiger partial charge in [0.25, 0.3) is 0 Å². The van der Waals surface area contributed by atoms with Gasteiger partial charge in [0, 0.05) is 12.8 Å². The molecule has 0 unspecified atom stereocenters. The minimum absolute atomic E-state index is 0.0440. The number of methoxy groups -OCH3 is 1. The minimum atomic E-state index is -0.396. The number of rotatable bonds is 2. The van der Waals surface area contributed by atoms with Crippen molar-refractivity contribution in [2.45, 2.75) is 78.2 Å². The summed E-state index contributed by atoms with van der Waals surface area (Å²) in [5.41, 5.74) is 1.26. The van der Waals surface area contributed by atoms with E-state index in [4.69, 9.17) is 9.47 Å². The molecule has 0 amide bonds. The third kappa shape index (κ3) is 2.54. The van der Waals surface area contributed by atoms with Gasteiger partial charge in [-0.3, -0.25) is 9.59 Å². The maximum atomic E-state index is 12.8. The number of esters is 2. The van der Waals surface area contributed by atoms with Crippen LogP contribution in [0.1, 0.15) is 72.1 Å². The molecule has 4 fully saturated rings. The summed E-state index contributed by atoms with van der Waals surface area (Å²) in [5.74, 6) is 0.905. The first-order valence-corrected chi connectivity index (χ1v) is 10.6. The Bertz CT molecular complexity index is 684. The Labute approximate surface area is 163 Å². The molecule has 27 heavy (non-hydrogen) atoms. The van der Waals surface area contributed by atoms with Crippen molar-refractivity contribution in [3.05, 3.63) is 12.2 Å². The molecule has 4 nitrogen and oxygen atoms in total. The van der Waals surface area contributed by atoms with Gasteiger partial charge in [0.2, 0.25) is 0 Å². The van der Waals surface area contributed by atoms with Crippen LogP contribution in [0.5, 0.6) is 0 Å². The van der Waals surface area contributed by atoms with Crippen LogP contribution in [0.25, 0.3) is 0 Å². The van der Waals surface area contributed by atoms with E-state index >= 15 is 0 Å². The molecule has 0 saturated heterocycles. The summed E-state index contributed by atoms with van der Waals surface area (Å²) >= 11 is 0. The second-order valence-corrected chi connectivity index (χ2v) is 10.3. The topological polar surface area (TPSA) is 52.6 Å². The highest BCUT2D eigenvalue weighted by atomic mass is 16.5. The zero-order valence-electron chi connectivity index (χ0n) is 17.3. The van der Waals surface area contributed by atoms with E-state index in [0.717, 1.165) is 51.4 Å². The lowest BCUT2D eigenvalue weighted by molar-refractivity contribution is -0.192. The van der Waals surface area contributed by atoms with Crippen molar-refractivity contribution in [3.63, 3.8) is 0 Å². The summed E-state index contributed by atoms with van der Waals surface area (Å²) < 4.78 is 11.0. The van der Waals surface area contributed by atoms with Gasteiger partial charge in [-0.25, -0.2) is 0 Å². The van der Waals surface area contributed by atoms with Crippen LogP contribution in [0.15, 0.2) is 12.2 Å². The van der Waals surface area contributed by atoms with E-state index in [9.17, 15) is 9.59 Å². The number of hydrogen-bond donors (Lipinski definition) is 0. The van der Waals surface area contributed by atoms with E-state index in [1.165, 1.54) is 19.6 Å². The summed E-state index contributed by atoms with van der Waals surface area (Å²) in [7, 11) is 1.52. The molecule has 0 aromatic heterocycles. The summed E-state index contributed by atoms with van der Waals surface area (Å²) in [6, 6.07) is 0. The van der Waals surface area contributed by atoms with Gasteiger partial charge >= 0.3 is 11.9 Å². The molecule has 0 aromatic rings. The lowest BCUT2D eigenvalue weighted by Gasteiger charge is -2.63. The summed E-state index contributed by atoms with van der Waals surface area (Å²) in [6.07, 6.45) is 8.44. The van der Waals surface area contributed by atoms with Crippen molar-refractivity contribution < 1.29 is 19.1 Å². The van der Waals surface area contributed by atoms with E-state index < -0.39 is 5.41 Å². The van der Waals surface area contributed by atoms with E-state index in [-0.39, 0.29) is 28.9 Å². The molecule has 0 aromatic carbocycles. The van der Waals surface area contributed by atoms with Gasteiger partial charge < -0.3 is 9.47 Å². The van der Waals surface area contributed by atoms with Crippen molar-refractivity contribution in [1.82, 2.24) is 0 Å². The Morgan fingerprint density at radius 3 is 2.56 bits per heavy atom. The Balaban J connectivity index is 1.73. The number of carbonyl (C=O) groups excluding carboxylic acids is 2. The van der Waals surface area contributed by atoms with Gasteiger partial charge in [0.05, 0.1) is 12.5 Å². The molecule has 4 aliphatic rings. The van der Waals surface area contributed by atoms with Gasteiger partial charge in [0.1, 0.15) is 6.10 Å². The standard InChI is InChI=1S/C23H34O4/c1-14-12-23-10-7-18-21(3,8-6-9-22(18,4)20(25)26-5)19(23)11-17(16(14)13-23)27-15(2)24/h16-19H,1,6-13H2,2-5H3/t16-,17+,18+,19+,21-,22-,23-/m1/s1. The first-order valence-electron chi connectivity index (χ1n) is 10.6. The summed E-state index contributed by atoms with van der Waals surface area (Å²) in [5, 5.41) is 0. The van der Waals surface area contributed by atoms with Crippen molar-refractivity contribution in [3.8, 4) is 0 Å². The fourth-order valence-corrected chi connectivity index (χ4v) is 8.11. The fourth-order valence-electron chi connectivity index (χ4n) is 8.11. The van der Waals surface area contributed by atoms with Crippen molar-refractivity contribution >= 4 is 11.9 Å². The van der Waals surface area contributed by atoms with Gasteiger partial charge in [-0.1, -0.05) is 25.5 Å². The Kier molecular flexibility index (Phi) is 4.29. The van der Waals surface area contributed by atoms with Crippen molar-refractivity contribution in [2.75, 3.05) is 7.11 Å². The molecule has 0 heterocycles. The van der Waals surface area contributed by atoms with Crippen LogP contribution in [-0.2, 0) is 19.1 Å². The van der Waals surface area contributed by atoms with Crippen LogP contribution in [0.4, 0.5) is 0 Å². The summed E-state index contributed by atoms with van der Waals surface area (Å²) in [4.78, 5) is 24.5. The molecule has 4 rings (SSSR count). The van der Waals surface area contributed by atoms with Gasteiger partial charge in [-0.05, 0) is 74.5 Å². The van der Waals surface area contributed by atoms with Crippen LogP contribution in [-0.4, -0.2) is 25.2 Å². The molecular formula is C23H34O4. The zero-order chi connectivity index (χ0) is 19.6. The smallest absolute Gasteiger partial charge is 0.311 e. The molecule has 0 radical (unpaired) electrons. The molecule has 7 atom stereocenters. The lowest BCUT2D eigenvalue weighted by Crippen LogP contribution is -2.59. The maximum Gasteiger partial charge on any atom is 0.311 e. The minimum Gasteiger partial charge on any atom is -0.469 e. The van der Waals surface area contributed by atoms with E-state index in [1.54, 1.807) is 0 Å². The van der Waals surface area contributed by atoms with Crippen molar-refractivity contribution in [1.29, 1.82) is 0 Å². The van der Waals surface area contributed by atoms with Gasteiger partial charge in [-0.15, -0.1) is 0 Å². The Hall–Kier alpha value is -1.32. The van der Waals surface area contributed by atoms with Crippen LogP contribution >= 0.6 is 0 Å². The first-order chi connectivity index (χ1) is 12.7. The fraction of sp³-hybridized carbons (Fsp3) is 0.826. The Morgan fingerprint density at radius 1 is 1.15 bits per heavy atom. The number of fused-ring (bicyclic) bond motifs is 3. The van der Waals surface area contributed by atoms with E-state index in [0.29, 0.717) is 17.8 Å². The number of carbonyl (C=O) groups is 2. The predicted octanol–water partition coefficient (Wildman–Crippen LogP) is 4.67. The largest absolute Gasteiger partial charge is 0.469 e. The molecule has 0 aliphatic heterocycles. The van der Waals surface area contributed by atoms with Gasteiger partial charge in [-0.2, -0.15) is 0 Å². The first kappa shape index (κ1) is 19.0. The van der Waals surface area contributed by atoms with Crippen LogP contribution in [0, 0.1) is 34.0 Å². The highest BCUT2D eigenvalue weighted by Gasteiger charge is 2.67. The second-order valence-electron chi connectivity index (χ2n) is 10.3. The third-order valence-electron chi connectivity index (χ3n) is 9.06. The molecule has 2 bridgehead atoms. The monoisotopic (exact) mass is 374 g/mol. The highest BCUT2D eigenvalue weighted by Crippen LogP contribution is 2.72. The molecule has 1 spiro atoms.